The Morgan fingerprint density at radius 3 is 1.59 bits per heavy atom. The van der Waals surface area contributed by atoms with E-state index in [1.54, 1.807) is 6.07 Å². The summed E-state index contributed by atoms with van der Waals surface area (Å²) in [6.45, 7) is 0. The fourth-order valence-electron chi connectivity index (χ4n) is 2.50. The summed E-state index contributed by atoms with van der Waals surface area (Å²) in [4.78, 5) is 10.9. The van der Waals surface area contributed by atoms with Crippen LogP contribution in [-0.4, -0.2) is 4.92 Å². The largest absolute Gasteiger partial charge is 0.305 e. The second-order valence-corrected chi connectivity index (χ2v) is 5.36. The molecule has 0 heterocycles. The third-order valence-electron chi connectivity index (χ3n) is 3.74. The van der Waals surface area contributed by atoms with Gasteiger partial charge in [0.25, 0.3) is 5.69 Å². The zero-order valence-corrected chi connectivity index (χ0v) is 13.3. The minimum atomic E-state index is -2.27. The van der Waals surface area contributed by atoms with Gasteiger partial charge in [-0.2, -0.15) is 0 Å². The van der Waals surface area contributed by atoms with Crippen LogP contribution in [0, 0.1) is 39.2 Å². The predicted molar refractivity (Wildman–Crippen MR) is 87.6 cm³/mol. The van der Waals surface area contributed by atoms with Crippen molar-refractivity contribution in [3.8, 4) is 0 Å². The van der Waals surface area contributed by atoms with E-state index >= 15 is 0 Å². The van der Waals surface area contributed by atoms with E-state index in [-0.39, 0.29) is 17.1 Å². The number of hydrogen-bond acceptors (Lipinski definition) is 3. The molecule has 0 aliphatic heterocycles. The molecule has 0 atom stereocenters. The van der Waals surface area contributed by atoms with Crippen molar-refractivity contribution in [2.45, 2.75) is 0 Å². The number of nitro groups is 1. The van der Waals surface area contributed by atoms with Crippen LogP contribution >= 0.6 is 0 Å². The average Bonchev–Trinajstić information content (AvgIpc) is 2.69. The number of benzene rings is 3. The lowest BCUT2D eigenvalue weighted by Crippen LogP contribution is -2.17. The summed E-state index contributed by atoms with van der Waals surface area (Å²) in [5, 5.41) is 10.8. The molecule has 0 aromatic heterocycles. The van der Waals surface area contributed by atoms with E-state index in [9.17, 15) is 32.1 Å². The highest BCUT2D eigenvalue weighted by molar-refractivity contribution is 5.77. The molecule has 0 unspecified atom stereocenters. The number of nitro benzene ring substituents is 1. The molecule has 0 spiro atoms. The van der Waals surface area contributed by atoms with Gasteiger partial charge in [-0.05, 0) is 24.3 Å². The Balaban J connectivity index is 2.29. The minimum Gasteiger partial charge on any atom is -0.305 e. The van der Waals surface area contributed by atoms with Gasteiger partial charge in [0, 0.05) is 23.5 Å². The van der Waals surface area contributed by atoms with Crippen molar-refractivity contribution in [2.75, 3.05) is 4.90 Å². The van der Waals surface area contributed by atoms with Gasteiger partial charge in [-0.1, -0.05) is 18.2 Å². The molecule has 0 aliphatic rings. The van der Waals surface area contributed by atoms with Crippen LogP contribution in [0.3, 0.4) is 0 Å². The molecule has 0 N–H and O–H groups in total. The third kappa shape index (κ3) is 3.19. The zero-order valence-electron chi connectivity index (χ0n) is 13.3. The summed E-state index contributed by atoms with van der Waals surface area (Å²) >= 11 is 0. The zero-order chi connectivity index (χ0) is 19.7. The van der Waals surface area contributed by atoms with Gasteiger partial charge < -0.3 is 4.90 Å². The smallest absolute Gasteiger partial charge is 0.269 e. The molecule has 9 heteroatoms. The Kier molecular flexibility index (Phi) is 4.76. The van der Waals surface area contributed by atoms with Crippen LogP contribution in [0.2, 0.25) is 0 Å². The van der Waals surface area contributed by atoms with Gasteiger partial charge in [0.2, 0.25) is 5.82 Å². The Morgan fingerprint density at radius 1 is 0.667 bits per heavy atom. The fourth-order valence-corrected chi connectivity index (χ4v) is 2.50. The van der Waals surface area contributed by atoms with E-state index in [4.69, 9.17) is 0 Å². The van der Waals surface area contributed by atoms with Gasteiger partial charge in [0.15, 0.2) is 23.3 Å². The third-order valence-corrected chi connectivity index (χ3v) is 3.74. The maximum absolute atomic E-state index is 14.4. The van der Waals surface area contributed by atoms with E-state index in [0.29, 0.717) is 0 Å². The Bertz CT molecular complexity index is 982. The van der Waals surface area contributed by atoms with Crippen LogP contribution in [0.4, 0.5) is 44.7 Å². The number of rotatable bonds is 4. The Hall–Kier alpha value is -3.49. The van der Waals surface area contributed by atoms with Gasteiger partial charge in [-0.3, -0.25) is 10.1 Å². The van der Waals surface area contributed by atoms with Crippen molar-refractivity contribution in [3.63, 3.8) is 0 Å². The molecule has 0 saturated carbocycles. The standard InChI is InChI=1S/C18H9F5N2O2/c19-13-14(20)16(22)18(17(23)15(13)21)24(10-4-2-1-3-5-10)11-6-8-12(9-7-11)25(26)27/h1-9H. The SMILES string of the molecule is O=[N+]([O-])c1ccc(N(c2ccccc2)c2c(F)c(F)c(F)c(F)c2F)cc1. The fraction of sp³-hybridized carbons (Fsp3) is 0. The van der Waals surface area contributed by atoms with Crippen LogP contribution in [0.1, 0.15) is 0 Å². The highest BCUT2D eigenvalue weighted by Gasteiger charge is 2.30. The summed E-state index contributed by atoms with van der Waals surface area (Å²) < 4.78 is 69.5. The molecule has 3 aromatic carbocycles. The summed E-state index contributed by atoms with van der Waals surface area (Å²) in [6.07, 6.45) is 0. The van der Waals surface area contributed by atoms with E-state index in [1.165, 1.54) is 24.3 Å². The molecule has 0 radical (unpaired) electrons. The molecule has 27 heavy (non-hydrogen) atoms. The second kappa shape index (κ2) is 7.02. The first kappa shape index (κ1) is 18.3. The maximum Gasteiger partial charge on any atom is 0.269 e. The number of hydrogen-bond donors (Lipinski definition) is 0. The lowest BCUT2D eigenvalue weighted by molar-refractivity contribution is -0.384. The normalized spacial score (nSPS) is 10.7. The molecule has 0 fully saturated rings. The van der Waals surface area contributed by atoms with Gasteiger partial charge in [-0.25, -0.2) is 22.0 Å². The predicted octanol–water partition coefficient (Wildman–Crippen LogP) is 5.76. The quantitative estimate of drug-likeness (QED) is 0.190. The molecule has 0 saturated heterocycles. The lowest BCUT2D eigenvalue weighted by atomic mass is 10.1. The first-order valence-electron chi connectivity index (χ1n) is 7.44. The number of non-ortho nitro benzene ring substituents is 1. The number of nitrogens with zero attached hydrogens (tertiary/aromatic N) is 2. The van der Waals surface area contributed by atoms with Crippen molar-refractivity contribution in [1.29, 1.82) is 0 Å². The second-order valence-electron chi connectivity index (χ2n) is 5.36. The van der Waals surface area contributed by atoms with Crippen molar-refractivity contribution >= 4 is 22.7 Å². The number of para-hydroxylation sites is 1. The van der Waals surface area contributed by atoms with Gasteiger partial charge in [-0.15, -0.1) is 0 Å². The van der Waals surface area contributed by atoms with Crippen molar-refractivity contribution in [3.05, 3.63) is 93.8 Å². The van der Waals surface area contributed by atoms with Gasteiger partial charge in [0.1, 0.15) is 5.69 Å². The summed E-state index contributed by atoms with van der Waals surface area (Å²) in [7, 11) is 0. The van der Waals surface area contributed by atoms with Crippen LogP contribution < -0.4 is 4.90 Å². The molecular weight excluding hydrogens is 371 g/mol. The van der Waals surface area contributed by atoms with Crippen molar-refractivity contribution in [1.82, 2.24) is 0 Å². The van der Waals surface area contributed by atoms with Crippen molar-refractivity contribution in [2.24, 2.45) is 0 Å². The Morgan fingerprint density at radius 2 is 1.11 bits per heavy atom. The first-order valence-corrected chi connectivity index (χ1v) is 7.44. The molecule has 3 aromatic rings. The van der Waals surface area contributed by atoms with Crippen LogP contribution in [0.15, 0.2) is 54.6 Å². The summed E-state index contributed by atoms with van der Waals surface area (Å²) in [6, 6.07) is 11.8. The molecule has 0 aliphatic carbocycles. The van der Waals surface area contributed by atoms with E-state index in [2.05, 4.69) is 0 Å². The lowest BCUT2D eigenvalue weighted by Gasteiger charge is -2.26. The minimum absolute atomic E-state index is 0.0324. The van der Waals surface area contributed by atoms with Gasteiger partial charge >= 0.3 is 0 Å². The Labute approximate surface area is 149 Å². The highest BCUT2D eigenvalue weighted by atomic mass is 19.2. The topological polar surface area (TPSA) is 46.4 Å². The van der Waals surface area contributed by atoms with E-state index in [0.717, 1.165) is 29.2 Å². The molecule has 0 amide bonds. The molecule has 0 bridgehead atoms. The monoisotopic (exact) mass is 380 g/mol. The molecule has 138 valence electrons. The van der Waals surface area contributed by atoms with E-state index in [1.807, 2.05) is 0 Å². The highest BCUT2D eigenvalue weighted by Crippen LogP contribution is 2.40. The van der Waals surface area contributed by atoms with Crippen LogP contribution in [0.25, 0.3) is 0 Å². The molecule has 4 nitrogen and oxygen atoms in total. The van der Waals surface area contributed by atoms with E-state index < -0.39 is 39.7 Å². The summed E-state index contributed by atoms with van der Waals surface area (Å²) in [5.41, 5.74) is -1.43. The summed E-state index contributed by atoms with van der Waals surface area (Å²) in [5.74, 6) is -10.5. The van der Waals surface area contributed by atoms with Crippen molar-refractivity contribution < 1.29 is 26.9 Å². The maximum atomic E-state index is 14.4. The first-order chi connectivity index (χ1) is 12.8. The van der Waals surface area contributed by atoms with Gasteiger partial charge in [0.05, 0.1) is 4.92 Å². The molecular formula is C18H9F5N2O2. The molecule has 3 rings (SSSR count). The average molecular weight is 380 g/mol. The number of anilines is 3. The van der Waals surface area contributed by atoms with Crippen LogP contribution in [-0.2, 0) is 0 Å². The van der Waals surface area contributed by atoms with Crippen LogP contribution in [0.5, 0.6) is 0 Å². The number of halogens is 5.